The molecule has 0 aliphatic heterocycles. The number of carbonyl (C=O) groups is 3. The van der Waals surface area contributed by atoms with Gasteiger partial charge in [0, 0.05) is 18.4 Å². The number of carbonyl (C=O) groups excluding carboxylic acids is 2. The lowest BCUT2D eigenvalue weighted by molar-refractivity contribution is -0.137. The highest BCUT2D eigenvalue weighted by atomic mass is 16.5. The van der Waals surface area contributed by atoms with Gasteiger partial charge in [0.05, 0.1) is 6.10 Å². The van der Waals surface area contributed by atoms with E-state index in [1.54, 1.807) is 13.8 Å². The van der Waals surface area contributed by atoms with Crippen molar-refractivity contribution in [3.8, 4) is 11.1 Å². The summed E-state index contributed by atoms with van der Waals surface area (Å²) < 4.78 is 5.48. The third-order valence-corrected chi connectivity index (χ3v) is 5.68. The van der Waals surface area contributed by atoms with Crippen LogP contribution in [0.4, 0.5) is 4.79 Å². The highest BCUT2D eigenvalue weighted by molar-refractivity contribution is 5.86. The molecule has 3 atom stereocenters. The van der Waals surface area contributed by atoms with E-state index in [0.717, 1.165) is 22.3 Å². The van der Waals surface area contributed by atoms with Gasteiger partial charge in [0.2, 0.25) is 5.91 Å². The van der Waals surface area contributed by atoms with Gasteiger partial charge in [-0.2, -0.15) is 0 Å². The lowest BCUT2D eigenvalue weighted by atomic mass is 9.98. The maximum atomic E-state index is 12.6. The Morgan fingerprint density at radius 1 is 0.970 bits per heavy atom. The summed E-state index contributed by atoms with van der Waals surface area (Å²) in [6.07, 6.45) is -1.42. The lowest BCUT2D eigenvalue weighted by Crippen LogP contribution is -2.49. The minimum absolute atomic E-state index is 0.0766. The molecule has 0 bridgehead atoms. The molecule has 3 unspecified atom stereocenters. The van der Waals surface area contributed by atoms with Gasteiger partial charge in [-0.1, -0.05) is 48.5 Å². The number of amides is 2. The number of aliphatic hydroxyl groups is 1. The maximum absolute atomic E-state index is 12.6. The second-order valence-corrected chi connectivity index (χ2v) is 8.45. The van der Waals surface area contributed by atoms with Crippen molar-refractivity contribution < 1.29 is 29.3 Å². The highest BCUT2D eigenvalue weighted by Gasteiger charge is 2.30. The average molecular weight is 455 g/mol. The van der Waals surface area contributed by atoms with Crippen molar-refractivity contribution in [3.05, 3.63) is 59.7 Å². The standard InChI is InChI=1S/C25H30N2O6/c1-15(13-16(2)28)26-24(31)22(11-12-23(29)30)27-25(32)33-14-21-19-9-5-3-7-17(19)18-8-4-6-10-20(18)21/h3-10,15-16,21-22,28H,11-14H2,1-2H3,(H,26,31)(H,27,32)(H,29,30). The fourth-order valence-corrected chi connectivity index (χ4v) is 4.23. The molecular weight excluding hydrogens is 424 g/mol. The Balaban J connectivity index is 1.64. The molecule has 1 aliphatic carbocycles. The van der Waals surface area contributed by atoms with Gasteiger partial charge >= 0.3 is 12.1 Å². The van der Waals surface area contributed by atoms with Crippen LogP contribution in [0, 0.1) is 0 Å². The molecule has 0 spiro atoms. The van der Waals surface area contributed by atoms with E-state index < -0.39 is 30.1 Å². The molecule has 0 radical (unpaired) electrons. The number of rotatable bonds is 10. The van der Waals surface area contributed by atoms with Gasteiger partial charge in [-0.3, -0.25) is 9.59 Å². The second-order valence-electron chi connectivity index (χ2n) is 8.45. The van der Waals surface area contributed by atoms with E-state index in [2.05, 4.69) is 10.6 Å². The van der Waals surface area contributed by atoms with E-state index in [9.17, 15) is 19.5 Å². The summed E-state index contributed by atoms with van der Waals surface area (Å²) in [5.41, 5.74) is 4.35. The van der Waals surface area contributed by atoms with Crippen molar-refractivity contribution >= 4 is 18.0 Å². The van der Waals surface area contributed by atoms with E-state index in [1.165, 1.54) is 0 Å². The molecule has 0 saturated carbocycles. The van der Waals surface area contributed by atoms with Crippen LogP contribution >= 0.6 is 0 Å². The van der Waals surface area contributed by atoms with Crippen LogP contribution in [0.1, 0.15) is 50.2 Å². The minimum Gasteiger partial charge on any atom is -0.481 e. The molecule has 2 amide bonds. The predicted octanol–water partition coefficient (Wildman–Crippen LogP) is 3.03. The molecule has 3 rings (SSSR count). The SMILES string of the molecule is CC(O)CC(C)NC(=O)C(CCC(=O)O)NC(=O)OCC1c2ccccc2-c2ccccc21. The van der Waals surface area contributed by atoms with E-state index in [1.807, 2.05) is 48.5 Å². The van der Waals surface area contributed by atoms with Crippen LogP contribution in [0.5, 0.6) is 0 Å². The molecule has 0 fully saturated rings. The summed E-state index contributed by atoms with van der Waals surface area (Å²) in [5, 5.41) is 23.7. The van der Waals surface area contributed by atoms with Crippen LogP contribution in [0.25, 0.3) is 11.1 Å². The van der Waals surface area contributed by atoms with E-state index in [4.69, 9.17) is 9.84 Å². The Labute approximate surface area is 193 Å². The van der Waals surface area contributed by atoms with Crippen LogP contribution in [0.3, 0.4) is 0 Å². The Kier molecular flexibility index (Phi) is 8.06. The largest absolute Gasteiger partial charge is 0.481 e. The normalized spacial score (nSPS) is 15.0. The second kappa shape index (κ2) is 11.0. The van der Waals surface area contributed by atoms with E-state index in [-0.39, 0.29) is 31.4 Å². The number of carboxylic acids is 1. The van der Waals surface area contributed by atoms with Crippen LogP contribution in [-0.4, -0.2) is 53.0 Å². The molecule has 0 aromatic heterocycles. The van der Waals surface area contributed by atoms with Gasteiger partial charge in [0.25, 0.3) is 0 Å². The first-order valence-electron chi connectivity index (χ1n) is 11.1. The molecule has 0 heterocycles. The molecule has 176 valence electrons. The molecule has 33 heavy (non-hydrogen) atoms. The third kappa shape index (κ3) is 6.32. The number of alkyl carbamates (subject to hydrolysis) is 1. The summed E-state index contributed by atoms with van der Waals surface area (Å²) in [4.78, 5) is 36.2. The van der Waals surface area contributed by atoms with Gasteiger partial charge in [-0.15, -0.1) is 0 Å². The summed E-state index contributed by atoms with van der Waals surface area (Å²) in [5.74, 6) is -1.71. The summed E-state index contributed by atoms with van der Waals surface area (Å²) in [6.45, 7) is 3.43. The monoisotopic (exact) mass is 454 g/mol. The third-order valence-electron chi connectivity index (χ3n) is 5.68. The van der Waals surface area contributed by atoms with Crippen molar-refractivity contribution in [1.29, 1.82) is 0 Å². The first-order valence-corrected chi connectivity index (χ1v) is 11.1. The topological polar surface area (TPSA) is 125 Å². The van der Waals surface area contributed by atoms with Gasteiger partial charge < -0.3 is 25.6 Å². The van der Waals surface area contributed by atoms with E-state index in [0.29, 0.717) is 6.42 Å². The Morgan fingerprint density at radius 2 is 1.55 bits per heavy atom. The van der Waals surface area contributed by atoms with Gasteiger partial charge in [0.15, 0.2) is 0 Å². The van der Waals surface area contributed by atoms with Crippen LogP contribution in [-0.2, 0) is 14.3 Å². The number of hydrogen-bond donors (Lipinski definition) is 4. The minimum atomic E-state index is -1.07. The smallest absolute Gasteiger partial charge is 0.407 e. The number of carboxylic acid groups (broad SMARTS) is 1. The molecule has 4 N–H and O–H groups in total. The number of benzene rings is 2. The van der Waals surface area contributed by atoms with Crippen LogP contribution in [0.15, 0.2) is 48.5 Å². The van der Waals surface area contributed by atoms with Crippen molar-refractivity contribution in [1.82, 2.24) is 10.6 Å². The first kappa shape index (κ1) is 24.3. The van der Waals surface area contributed by atoms with E-state index >= 15 is 0 Å². The summed E-state index contributed by atoms with van der Waals surface area (Å²) >= 11 is 0. The predicted molar refractivity (Wildman–Crippen MR) is 123 cm³/mol. The van der Waals surface area contributed by atoms with Gasteiger partial charge in [-0.05, 0) is 48.9 Å². The lowest BCUT2D eigenvalue weighted by Gasteiger charge is -2.22. The zero-order valence-corrected chi connectivity index (χ0v) is 18.8. The summed E-state index contributed by atoms with van der Waals surface area (Å²) in [7, 11) is 0. The molecule has 8 heteroatoms. The van der Waals surface area contributed by atoms with Crippen molar-refractivity contribution in [2.24, 2.45) is 0 Å². The molecule has 1 aliphatic rings. The number of aliphatic carboxylic acids is 1. The van der Waals surface area contributed by atoms with Crippen LogP contribution < -0.4 is 10.6 Å². The Hall–Kier alpha value is -3.39. The number of nitrogens with one attached hydrogen (secondary N) is 2. The van der Waals surface area contributed by atoms with Gasteiger partial charge in [0.1, 0.15) is 12.6 Å². The number of hydrogen-bond acceptors (Lipinski definition) is 5. The molecule has 2 aromatic carbocycles. The quantitative estimate of drug-likeness (QED) is 0.437. The molecule has 2 aromatic rings. The molecular formula is C25H30N2O6. The maximum Gasteiger partial charge on any atom is 0.407 e. The fraction of sp³-hybridized carbons (Fsp3) is 0.400. The Bertz CT molecular complexity index is 960. The van der Waals surface area contributed by atoms with Crippen LogP contribution in [0.2, 0.25) is 0 Å². The Morgan fingerprint density at radius 3 is 2.09 bits per heavy atom. The van der Waals surface area contributed by atoms with Gasteiger partial charge in [-0.25, -0.2) is 4.79 Å². The molecule has 8 nitrogen and oxygen atoms in total. The zero-order valence-electron chi connectivity index (χ0n) is 18.8. The fourth-order valence-electron chi connectivity index (χ4n) is 4.23. The zero-order chi connectivity index (χ0) is 24.0. The number of ether oxygens (including phenoxy) is 1. The number of aliphatic hydroxyl groups excluding tert-OH is 1. The first-order chi connectivity index (χ1) is 15.8. The average Bonchev–Trinajstić information content (AvgIpc) is 3.08. The van der Waals surface area contributed by atoms with Crippen molar-refractivity contribution in [2.75, 3.05) is 6.61 Å². The molecule has 0 saturated heterocycles. The highest BCUT2D eigenvalue weighted by Crippen LogP contribution is 2.44. The van der Waals surface area contributed by atoms with Crippen molar-refractivity contribution in [3.63, 3.8) is 0 Å². The van der Waals surface area contributed by atoms with Crippen molar-refractivity contribution in [2.45, 2.75) is 57.2 Å². The summed E-state index contributed by atoms with van der Waals surface area (Å²) in [6, 6.07) is 14.5. The number of fused-ring (bicyclic) bond motifs is 3.